The minimum Gasteiger partial charge on any atom is -0.490 e. The van der Waals surface area contributed by atoms with Crippen LogP contribution < -0.4 is 9.47 Å². The predicted octanol–water partition coefficient (Wildman–Crippen LogP) is 0.0629. The van der Waals surface area contributed by atoms with Gasteiger partial charge in [-0.15, -0.1) is 0 Å². The normalized spacial score (nSPS) is 9.08. The largest absolute Gasteiger partial charge is 0.490 e. The highest BCUT2D eigenvalue weighted by atomic mass is 16.5. The third-order valence-electron chi connectivity index (χ3n) is 1.15. The summed E-state index contributed by atoms with van der Waals surface area (Å²) in [7, 11) is 1.48. The van der Waals surface area contributed by atoms with E-state index in [4.69, 9.17) is 9.47 Å². The first-order valence-electron chi connectivity index (χ1n) is 3.29. The van der Waals surface area contributed by atoms with Crippen LogP contribution in [0.4, 0.5) is 0 Å². The van der Waals surface area contributed by atoms with Gasteiger partial charge in [-0.3, -0.25) is 4.79 Å². The van der Waals surface area contributed by atoms with Gasteiger partial charge in [-0.2, -0.15) is 4.98 Å². The predicted molar refractivity (Wildman–Crippen MR) is 40.1 cm³/mol. The molecule has 0 fully saturated rings. The zero-order valence-electron chi connectivity index (χ0n) is 6.56. The summed E-state index contributed by atoms with van der Waals surface area (Å²) in [5.41, 5.74) is 0. The number of methoxy groups -OCH3 is 1. The van der Waals surface area contributed by atoms with Crippen molar-refractivity contribution in [2.24, 2.45) is 0 Å². The summed E-state index contributed by atoms with van der Waals surface area (Å²) < 4.78 is 9.81. The second kappa shape index (κ2) is 4.27. The van der Waals surface area contributed by atoms with E-state index in [0.717, 1.165) is 0 Å². The maximum absolute atomic E-state index is 9.97. The second-order valence-corrected chi connectivity index (χ2v) is 1.87. The van der Waals surface area contributed by atoms with Crippen LogP contribution in [0.5, 0.6) is 11.6 Å². The molecule has 0 saturated carbocycles. The van der Waals surface area contributed by atoms with Gasteiger partial charge in [0.2, 0.25) is 0 Å². The van der Waals surface area contributed by atoms with E-state index in [9.17, 15) is 4.79 Å². The van der Waals surface area contributed by atoms with E-state index in [-0.39, 0.29) is 12.5 Å². The lowest BCUT2D eigenvalue weighted by atomic mass is 10.5. The molecule has 0 radical (unpaired) electrons. The van der Waals surface area contributed by atoms with Crippen molar-refractivity contribution in [3.8, 4) is 11.6 Å². The van der Waals surface area contributed by atoms with Gasteiger partial charge in [-0.1, -0.05) is 0 Å². The van der Waals surface area contributed by atoms with Gasteiger partial charge in [0.25, 0.3) is 5.88 Å². The standard InChI is InChI=1S/C7H8N2O3/c1-11-6-4-8-5-9-7(6)12-3-2-10/h2,4-5H,3H2,1H3. The van der Waals surface area contributed by atoms with Crippen molar-refractivity contribution in [2.75, 3.05) is 13.7 Å². The molecule has 5 heteroatoms. The molecule has 0 amide bonds. The van der Waals surface area contributed by atoms with Crippen molar-refractivity contribution in [1.82, 2.24) is 9.97 Å². The fourth-order valence-electron chi connectivity index (χ4n) is 0.667. The van der Waals surface area contributed by atoms with Crippen LogP contribution in [0.15, 0.2) is 12.5 Å². The highest BCUT2D eigenvalue weighted by Gasteiger charge is 2.03. The Kier molecular flexibility index (Phi) is 3.01. The molecule has 0 aromatic carbocycles. The number of carbonyl (C=O) groups is 1. The molecule has 1 aromatic heterocycles. The number of carbonyl (C=O) groups excluding carboxylic acids is 1. The monoisotopic (exact) mass is 168 g/mol. The molecule has 0 aliphatic carbocycles. The van der Waals surface area contributed by atoms with Crippen molar-refractivity contribution < 1.29 is 14.3 Å². The van der Waals surface area contributed by atoms with Gasteiger partial charge in [0.15, 0.2) is 12.0 Å². The summed E-state index contributed by atoms with van der Waals surface area (Å²) in [4.78, 5) is 17.5. The number of nitrogens with zero attached hydrogens (tertiary/aromatic N) is 2. The first kappa shape index (κ1) is 8.45. The van der Waals surface area contributed by atoms with E-state index < -0.39 is 0 Å². The fourth-order valence-corrected chi connectivity index (χ4v) is 0.667. The number of hydrogen-bond donors (Lipinski definition) is 0. The van der Waals surface area contributed by atoms with Crippen LogP contribution in [0.25, 0.3) is 0 Å². The Labute approximate surface area is 69.4 Å². The molecule has 1 heterocycles. The minimum atomic E-state index is -0.0344. The smallest absolute Gasteiger partial charge is 0.260 e. The molecule has 0 bridgehead atoms. The lowest BCUT2D eigenvalue weighted by Crippen LogP contribution is -2.01. The van der Waals surface area contributed by atoms with E-state index in [1.807, 2.05) is 0 Å². The van der Waals surface area contributed by atoms with Crippen LogP contribution >= 0.6 is 0 Å². The third kappa shape index (κ3) is 1.91. The molecule has 0 spiro atoms. The Morgan fingerprint density at radius 1 is 1.67 bits per heavy atom. The van der Waals surface area contributed by atoms with Crippen molar-refractivity contribution >= 4 is 6.29 Å². The quantitative estimate of drug-likeness (QED) is 0.595. The molecule has 0 unspecified atom stereocenters. The highest BCUT2D eigenvalue weighted by molar-refractivity contribution is 5.51. The molecule has 12 heavy (non-hydrogen) atoms. The van der Waals surface area contributed by atoms with E-state index >= 15 is 0 Å². The first-order valence-corrected chi connectivity index (χ1v) is 3.29. The van der Waals surface area contributed by atoms with E-state index in [1.54, 1.807) is 0 Å². The molecular formula is C7H8N2O3. The maximum Gasteiger partial charge on any atom is 0.260 e. The third-order valence-corrected chi connectivity index (χ3v) is 1.15. The Morgan fingerprint density at radius 3 is 3.17 bits per heavy atom. The molecule has 0 N–H and O–H groups in total. The zero-order valence-corrected chi connectivity index (χ0v) is 6.56. The number of hydrogen-bond acceptors (Lipinski definition) is 5. The van der Waals surface area contributed by atoms with Crippen molar-refractivity contribution in [1.29, 1.82) is 0 Å². The SMILES string of the molecule is COc1cncnc1OCC=O. The zero-order chi connectivity index (χ0) is 8.81. The summed E-state index contributed by atoms with van der Waals surface area (Å²) in [5.74, 6) is 0.693. The van der Waals surface area contributed by atoms with Crippen LogP contribution in [0, 0.1) is 0 Å². The average Bonchev–Trinajstić information content (AvgIpc) is 2.15. The lowest BCUT2D eigenvalue weighted by Gasteiger charge is -2.04. The van der Waals surface area contributed by atoms with Crippen LogP contribution in [0.1, 0.15) is 0 Å². The van der Waals surface area contributed by atoms with Gasteiger partial charge in [-0.05, 0) is 0 Å². The molecular weight excluding hydrogens is 160 g/mol. The summed E-state index contributed by atoms with van der Waals surface area (Å²) >= 11 is 0. The second-order valence-electron chi connectivity index (χ2n) is 1.87. The topological polar surface area (TPSA) is 61.3 Å². The van der Waals surface area contributed by atoms with Gasteiger partial charge < -0.3 is 9.47 Å². The van der Waals surface area contributed by atoms with E-state index in [1.165, 1.54) is 19.6 Å². The van der Waals surface area contributed by atoms with Gasteiger partial charge in [0.05, 0.1) is 13.3 Å². The number of ether oxygens (including phenoxy) is 2. The van der Waals surface area contributed by atoms with E-state index in [2.05, 4.69) is 9.97 Å². The highest BCUT2D eigenvalue weighted by Crippen LogP contribution is 2.20. The number of aromatic nitrogens is 2. The van der Waals surface area contributed by atoms with Crippen molar-refractivity contribution in [2.45, 2.75) is 0 Å². The number of aldehydes is 1. The maximum atomic E-state index is 9.97. The number of rotatable bonds is 4. The Morgan fingerprint density at radius 2 is 2.50 bits per heavy atom. The van der Waals surface area contributed by atoms with Gasteiger partial charge in [-0.25, -0.2) is 4.98 Å². The molecule has 0 saturated heterocycles. The Hall–Kier alpha value is -1.65. The molecule has 64 valence electrons. The van der Waals surface area contributed by atoms with Crippen LogP contribution in [-0.4, -0.2) is 30.0 Å². The summed E-state index contributed by atoms with van der Waals surface area (Å²) in [6.45, 7) is -0.0344. The van der Waals surface area contributed by atoms with Crippen molar-refractivity contribution in [3.63, 3.8) is 0 Å². The molecule has 0 aliphatic heterocycles. The molecule has 0 aliphatic rings. The molecule has 1 rings (SSSR count). The summed E-state index contributed by atoms with van der Waals surface area (Å²) in [5, 5.41) is 0. The Bertz CT molecular complexity index is 265. The first-order chi connectivity index (χ1) is 5.88. The van der Waals surface area contributed by atoms with Crippen LogP contribution in [0.3, 0.4) is 0 Å². The molecule has 5 nitrogen and oxygen atoms in total. The van der Waals surface area contributed by atoms with Crippen LogP contribution in [-0.2, 0) is 4.79 Å². The van der Waals surface area contributed by atoms with Gasteiger partial charge >= 0.3 is 0 Å². The minimum absolute atomic E-state index is 0.0344. The van der Waals surface area contributed by atoms with E-state index in [0.29, 0.717) is 12.0 Å². The van der Waals surface area contributed by atoms with Gasteiger partial charge in [0, 0.05) is 0 Å². The van der Waals surface area contributed by atoms with Crippen LogP contribution in [0.2, 0.25) is 0 Å². The molecule has 1 aromatic rings. The lowest BCUT2D eigenvalue weighted by molar-refractivity contribution is -0.109. The summed E-state index contributed by atoms with van der Waals surface area (Å²) in [6.07, 6.45) is 3.43. The average molecular weight is 168 g/mol. The summed E-state index contributed by atoms with van der Waals surface area (Å²) in [6, 6.07) is 0. The van der Waals surface area contributed by atoms with Gasteiger partial charge in [0.1, 0.15) is 12.9 Å². The molecule has 0 atom stereocenters. The fraction of sp³-hybridized carbons (Fsp3) is 0.286. The Balaban J connectivity index is 2.74. The van der Waals surface area contributed by atoms with Crippen molar-refractivity contribution in [3.05, 3.63) is 12.5 Å².